The van der Waals surface area contributed by atoms with E-state index in [9.17, 15) is 0 Å². The van der Waals surface area contributed by atoms with Crippen LogP contribution in [0.1, 0.15) is 19.0 Å². The molecule has 0 aliphatic rings. The van der Waals surface area contributed by atoms with E-state index >= 15 is 0 Å². The van der Waals surface area contributed by atoms with Gasteiger partial charge < -0.3 is 5.32 Å². The number of aromatic nitrogens is 4. The summed E-state index contributed by atoms with van der Waals surface area (Å²) >= 11 is 0. The first-order valence-electron chi connectivity index (χ1n) is 5.78. The lowest BCUT2D eigenvalue weighted by atomic mass is 10.3. The Balaban J connectivity index is 2.31. The summed E-state index contributed by atoms with van der Waals surface area (Å²) in [6.45, 7) is 5.00. The van der Waals surface area contributed by atoms with E-state index < -0.39 is 0 Å². The molecule has 5 heteroatoms. The second-order valence-electron chi connectivity index (χ2n) is 4.02. The molecule has 0 saturated heterocycles. The Morgan fingerprint density at radius 1 is 1.35 bits per heavy atom. The van der Waals surface area contributed by atoms with Crippen molar-refractivity contribution in [1.82, 2.24) is 19.7 Å². The van der Waals surface area contributed by atoms with Crippen molar-refractivity contribution in [2.24, 2.45) is 7.05 Å². The first-order chi connectivity index (χ1) is 8.19. The zero-order valence-electron chi connectivity index (χ0n) is 10.4. The van der Waals surface area contributed by atoms with E-state index in [1.54, 1.807) is 4.68 Å². The molecule has 2 aromatic heterocycles. The summed E-state index contributed by atoms with van der Waals surface area (Å²) in [6.07, 6.45) is 2.96. The van der Waals surface area contributed by atoms with E-state index in [1.165, 1.54) is 0 Å². The van der Waals surface area contributed by atoms with E-state index in [-0.39, 0.29) is 0 Å². The van der Waals surface area contributed by atoms with Gasteiger partial charge in [-0.15, -0.1) is 0 Å². The monoisotopic (exact) mass is 231 g/mol. The Bertz CT molecular complexity index is 503. The average Bonchev–Trinajstić information content (AvgIpc) is 2.72. The summed E-state index contributed by atoms with van der Waals surface area (Å²) in [5, 5.41) is 7.57. The van der Waals surface area contributed by atoms with Gasteiger partial charge in [0.2, 0.25) is 0 Å². The predicted octanol–water partition coefficient (Wildman–Crippen LogP) is 2.01. The van der Waals surface area contributed by atoms with Crippen LogP contribution in [0.25, 0.3) is 11.5 Å². The maximum atomic E-state index is 4.46. The van der Waals surface area contributed by atoms with Crippen LogP contribution in [0.3, 0.4) is 0 Å². The molecular weight excluding hydrogens is 214 g/mol. The zero-order valence-corrected chi connectivity index (χ0v) is 10.4. The van der Waals surface area contributed by atoms with Crippen molar-refractivity contribution >= 4 is 5.82 Å². The molecule has 0 fully saturated rings. The highest BCUT2D eigenvalue weighted by Gasteiger charge is 2.07. The van der Waals surface area contributed by atoms with Gasteiger partial charge in [0.25, 0.3) is 0 Å². The van der Waals surface area contributed by atoms with Gasteiger partial charge in [-0.3, -0.25) is 4.68 Å². The van der Waals surface area contributed by atoms with E-state index in [4.69, 9.17) is 0 Å². The largest absolute Gasteiger partial charge is 0.370 e. The predicted molar refractivity (Wildman–Crippen MR) is 67.8 cm³/mol. The van der Waals surface area contributed by atoms with Gasteiger partial charge >= 0.3 is 0 Å². The van der Waals surface area contributed by atoms with Crippen molar-refractivity contribution in [2.75, 3.05) is 11.9 Å². The zero-order chi connectivity index (χ0) is 12.3. The summed E-state index contributed by atoms with van der Waals surface area (Å²) in [5.74, 6) is 1.53. The van der Waals surface area contributed by atoms with Crippen molar-refractivity contribution in [3.63, 3.8) is 0 Å². The quantitative estimate of drug-likeness (QED) is 0.874. The van der Waals surface area contributed by atoms with Crippen molar-refractivity contribution in [2.45, 2.75) is 20.3 Å². The van der Waals surface area contributed by atoms with Gasteiger partial charge in [0.1, 0.15) is 11.5 Å². The van der Waals surface area contributed by atoms with Crippen LogP contribution in [0.5, 0.6) is 0 Å². The van der Waals surface area contributed by atoms with E-state index in [0.717, 1.165) is 30.2 Å². The molecule has 90 valence electrons. The molecule has 0 aliphatic heterocycles. The standard InChI is InChI=1S/C12H17N5/c1-4-6-13-11-8-9(2)14-12(15-11)10-5-7-17(3)16-10/h5,7-8H,4,6H2,1-3H3,(H,13,14,15). The van der Waals surface area contributed by atoms with Gasteiger partial charge in [-0.25, -0.2) is 9.97 Å². The molecule has 0 bridgehead atoms. The lowest BCUT2D eigenvalue weighted by Gasteiger charge is -2.06. The topological polar surface area (TPSA) is 55.6 Å². The van der Waals surface area contributed by atoms with Gasteiger partial charge in [-0.05, 0) is 19.4 Å². The van der Waals surface area contributed by atoms with E-state index in [0.29, 0.717) is 5.82 Å². The Morgan fingerprint density at radius 2 is 2.18 bits per heavy atom. The minimum Gasteiger partial charge on any atom is -0.370 e. The molecule has 1 N–H and O–H groups in total. The Kier molecular flexibility index (Phi) is 3.37. The molecule has 0 aromatic carbocycles. The van der Waals surface area contributed by atoms with Gasteiger partial charge in [0, 0.05) is 31.5 Å². The number of nitrogens with zero attached hydrogens (tertiary/aromatic N) is 4. The molecule has 2 heterocycles. The van der Waals surface area contributed by atoms with Crippen LogP contribution in [-0.4, -0.2) is 26.3 Å². The highest BCUT2D eigenvalue weighted by molar-refractivity contribution is 5.52. The molecule has 0 aliphatic carbocycles. The van der Waals surface area contributed by atoms with E-state index in [1.807, 2.05) is 32.3 Å². The van der Waals surface area contributed by atoms with Crippen LogP contribution in [0, 0.1) is 6.92 Å². The number of rotatable bonds is 4. The second-order valence-corrected chi connectivity index (χ2v) is 4.02. The molecule has 2 aromatic rings. The van der Waals surface area contributed by atoms with Gasteiger partial charge in [-0.1, -0.05) is 6.92 Å². The number of hydrogen-bond donors (Lipinski definition) is 1. The molecule has 0 saturated carbocycles. The highest BCUT2D eigenvalue weighted by atomic mass is 15.3. The highest BCUT2D eigenvalue weighted by Crippen LogP contribution is 2.15. The lowest BCUT2D eigenvalue weighted by molar-refractivity contribution is 0.768. The minimum absolute atomic E-state index is 0.671. The van der Waals surface area contributed by atoms with Crippen molar-refractivity contribution in [3.8, 4) is 11.5 Å². The summed E-state index contributed by atoms with van der Waals surface area (Å²) in [4.78, 5) is 8.86. The molecule has 2 rings (SSSR count). The van der Waals surface area contributed by atoms with Crippen LogP contribution < -0.4 is 5.32 Å². The van der Waals surface area contributed by atoms with Crippen LogP contribution in [0.15, 0.2) is 18.3 Å². The van der Waals surface area contributed by atoms with Gasteiger partial charge in [0.15, 0.2) is 5.82 Å². The van der Waals surface area contributed by atoms with Crippen LogP contribution in [-0.2, 0) is 7.05 Å². The van der Waals surface area contributed by atoms with Crippen molar-refractivity contribution in [3.05, 3.63) is 24.0 Å². The number of anilines is 1. The summed E-state index contributed by atoms with van der Waals surface area (Å²) in [5.41, 5.74) is 1.75. The third-order valence-electron chi connectivity index (χ3n) is 2.35. The first-order valence-corrected chi connectivity index (χ1v) is 5.78. The summed E-state index contributed by atoms with van der Waals surface area (Å²) in [7, 11) is 1.88. The molecule has 17 heavy (non-hydrogen) atoms. The molecule has 0 radical (unpaired) electrons. The molecule has 0 unspecified atom stereocenters. The molecule has 0 atom stereocenters. The average molecular weight is 231 g/mol. The number of aryl methyl sites for hydroxylation is 2. The fraction of sp³-hybridized carbons (Fsp3) is 0.417. The first kappa shape index (κ1) is 11.6. The molecular formula is C12H17N5. The Labute approximate surface area is 101 Å². The SMILES string of the molecule is CCCNc1cc(C)nc(-c2ccn(C)n2)n1. The van der Waals surface area contributed by atoms with Crippen molar-refractivity contribution in [1.29, 1.82) is 0 Å². The van der Waals surface area contributed by atoms with Crippen LogP contribution >= 0.6 is 0 Å². The van der Waals surface area contributed by atoms with Gasteiger partial charge in [-0.2, -0.15) is 5.10 Å². The lowest BCUT2D eigenvalue weighted by Crippen LogP contribution is -2.04. The Hall–Kier alpha value is -1.91. The Morgan fingerprint density at radius 3 is 2.82 bits per heavy atom. The molecule has 0 amide bonds. The van der Waals surface area contributed by atoms with Crippen molar-refractivity contribution < 1.29 is 0 Å². The maximum Gasteiger partial charge on any atom is 0.182 e. The molecule has 0 spiro atoms. The third kappa shape index (κ3) is 2.81. The number of nitrogens with one attached hydrogen (secondary N) is 1. The normalized spacial score (nSPS) is 10.5. The minimum atomic E-state index is 0.671. The fourth-order valence-corrected chi connectivity index (χ4v) is 1.56. The second kappa shape index (κ2) is 4.95. The van der Waals surface area contributed by atoms with E-state index in [2.05, 4.69) is 27.3 Å². The fourth-order valence-electron chi connectivity index (χ4n) is 1.56. The maximum absolute atomic E-state index is 4.46. The smallest absolute Gasteiger partial charge is 0.182 e. The van der Waals surface area contributed by atoms with Crippen LogP contribution in [0.4, 0.5) is 5.82 Å². The summed E-state index contributed by atoms with van der Waals surface area (Å²) < 4.78 is 1.75. The van der Waals surface area contributed by atoms with Crippen LogP contribution in [0.2, 0.25) is 0 Å². The molecule has 5 nitrogen and oxygen atoms in total. The van der Waals surface area contributed by atoms with Gasteiger partial charge in [0.05, 0.1) is 0 Å². The third-order valence-corrected chi connectivity index (χ3v) is 2.35. The number of hydrogen-bond acceptors (Lipinski definition) is 4. The summed E-state index contributed by atoms with van der Waals surface area (Å²) in [6, 6.07) is 3.86.